The molecule has 4 heteroatoms. The van der Waals surface area contributed by atoms with Crippen molar-refractivity contribution in [3.05, 3.63) is 231 Å². The van der Waals surface area contributed by atoms with Crippen molar-refractivity contribution in [1.29, 1.82) is 0 Å². The molecule has 0 bridgehead atoms. The topological polar surface area (TPSA) is 35.6 Å². The molecule has 3 heterocycles. The van der Waals surface area contributed by atoms with Crippen LogP contribution in [0.25, 0.3) is 111 Å². The minimum atomic E-state index is 0.641. The summed E-state index contributed by atoms with van der Waals surface area (Å²) in [5.41, 5.74) is 16.6. The van der Waals surface area contributed by atoms with E-state index in [1.807, 2.05) is 12.1 Å². The predicted molar refractivity (Wildman–Crippen MR) is 258 cm³/mol. The van der Waals surface area contributed by atoms with Crippen LogP contribution in [0, 0.1) is 0 Å². The summed E-state index contributed by atoms with van der Waals surface area (Å²) in [5.74, 6) is 0.641. The number of fused-ring (bicyclic) bond motifs is 6. The molecule has 0 aliphatic heterocycles. The highest BCUT2D eigenvalue weighted by Gasteiger charge is 2.19. The van der Waals surface area contributed by atoms with Crippen LogP contribution in [0.1, 0.15) is 0 Å². The maximum absolute atomic E-state index is 5.27. The third-order valence-corrected chi connectivity index (χ3v) is 12.2. The lowest BCUT2D eigenvalue weighted by molar-refractivity contribution is 0.996. The minimum absolute atomic E-state index is 0.641. The van der Waals surface area contributed by atoms with Gasteiger partial charge in [0.2, 0.25) is 5.95 Å². The first-order valence-corrected chi connectivity index (χ1v) is 21.1. The van der Waals surface area contributed by atoms with Crippen molar-refractivity contribution in [2.75, 3.05) is 0 Å². The van der Waals surface area contributed by atoms with Gasteiger partial charge in [0, 0.05) is 38.4 Å². The molecule has 0 aliphatic carbocycles. The summed E-state index contributed by atoms with van der Waals surface area (Å²) in [6, 6.07) is 82.2. The van der Waals surface area contributed by atoms with Gasteiger partial charge in [-0.2, -0.15) is 0 Å². The average molecular weight is 791 g/mol. The molecule has 0 saturated heterocycles. The Bertz CT molecular complexity index is 3530. The summed E-state index contributed by atoms with van der Waals surface area (Å²) in [5, 5.41) is 4.76. The maximum Gasteiger partial charge on any atom is 0.235 e. The van der Waals surface area contributed by atoms with Crippen LogP contribution in [0.15, 0.2) is 231 Å². The molecule has 62 heavy (non-hydrogen) atoms. The molecule has 290 valence electrons. The van der Waals surface area contributed by atoms with Crippen LogP contribution in [0.5, 0.6) is 0 Å². The zero-order chi connectivity index (χ0) is 41.0. The van der Waals surface area contributed by atoms with E-state index in [0.717, 1.165) is 61.1 Å². The quantitative estimate of drug-likeness (QED) is 0.161. The van der Waals surface area contributed by atoms with Crippen LogP contribution in [0.2, 0.25) is 0 Å². The van der Waals surface area contributed by atoms with Crippen molar-refractivity contribution in [1.82, 2.24) is 19.1 Å². The molecule has 0 N–H and O–H groups in total. The van der Waals surface area contributed by atoms with Gasteiger partial charge in [-0.15, -0.1) is 0 Å². The Kier molecular flexibility index (Phi) is 8.46. The summed E-state index contributed by atoms with van der Waals surface area (Å²) in [7, 11) is 0. The molecule has 9 aromatic carbocycles. The van der Waals surface area contributed by atoms with Gasteiger partial charge in [0.1, 0.15) is 0 Å². The molecule has 0 spiro atoms. The highest BCUT2D eigenvalue weighted by atomic mass is 15.2. The van der Waals surface area contributed by atoms with Crippen LogP contribution < -0.4 is 0 Å². The van der Waals surface area contributed by atoms with Gasteiger partial charge in [-0.1, -0.05) is 182 Å². The molecular formula is C58H38N4. The van der Waals surface area contributed by atoms with Crippen molar-refractivity contribution in [2.45, 2.75) is 0 Å². The fraction of sp³-hybridized carbons (Fsp3) is 0. The van der Waals surface area contributed by atoms with Crippen molar-refractivity contribution in [3.63, 3.8) is 0 Å². The zero-order valence-electron chi connectivity index (χ0n) is 33.7. The fourth-order valence-electron chi connectivity index (χ4n) is 9.13. The third-order valence-electron chi connectivity index (χ3n) is 12.2. The van der Waals surface area contributed by atoms with Crippen LogP contribution >= 0.6 is 0 Å². The molecule has 0 unspecified atom stereocenters. The molecule has 0 fully saturated rings. The van der Waals surface area contributed by atoms with E-state index in [1.54, 1.807) is 0 Å². The molecule has 4 nitrogen and oxygen atoms in total. The second-order valence-electron chi connectivity index (χ2n) is 15.8. The summed E-state index contributed by atoms with van der Waals surface area (Å²) in [6.07, 6.45) is 0. The second-order valence-corrected chi connectivity index (χ2v) is 15.8. The number of para-hydroxylation sites is 2. The van der Waals surface area contributed by atoms with E-state index in [4.69, 9.17) is 9.97 Å². The Morgan fingerprint density at radius 1 is 0.242 bits per heavy atom. The van der Waals surface area contributed by atoms with E-state index < -0.39 is 0 Å². The monoisotopic (exact) mass is 790 g/mol. The van der Waals surface area contributed by atoms with Crippen LogP contribution in [-0.2, 0) is 0 Å². The average Bonchev–Trinajstić information content (AvgIpc) is 3.87. The lowest BCUT2D eigenvalue weighted by Gasteiger charge is -2.12. The summed E-state index contributed by atoms with van der Waals surface area (Å²) in [6.45, 7) is 0. The van der Waals surface area contributed by atoms with Crippen molar-refractivity contribution >= 4 is 43.6 Å². The van der Waals surface area contributed by atoms with Gasteiger partial charge >= 0.3 is 0 Å². The van der Waals surface area contributed by atoms with Gasteiger partial charge in [0.05, 0.1) is 33.5 Å². The molecule has 12 rings (SSSR count). The summed E-state index contributed by atoms with van der Waals surface area (Å²) >= 11 is 0. The maximum atomic E-state index is 5.27. The number of nitrogens with zero attached hydrogens (tertiary/aromatic N) is 4. The number of aromatic nitrogens is 4. The smallest absolute Gasteiger partial charge is 0.235 e. The van der Waals surface area contributed by atoms with Crippen LogP contribution in [0.4, 0.5) is 0 Å². The van der Waals surface area contributed by atoms with Gasteiger partial charge in [-0.05, 0) is 81.9 Å². The number of rotatable bonds is 7. The van der Waals surface area contributed by atoms with Crippen molar-refractivity contribution in [2.24, 2.45) is 0 Å². The van der Waals surface area contributed by atoms with E-state index in [0.29, 0.717) is 5.95 Å². The highest BCUT2D eigenvalue weighted by Crippen LogP contribution is 2.39. The van der Waals surface area contributed by atoms with Crippen molar-refractivity contribution in [3.8, 4) is 67.5 Å². The SMILES string of the molecule is c1ccc(-c2ccc(-c3ccc(-n4c5ccccc5c5cc(-c6ccc7c8ccccc8n(-c8nc(-c9ccccc9)cc(-c9ccccc9)n8)c7c6)ccc54)cc3)cc2)cc1. The van der Waals surface area contributed by atoms with E-state index in [-0.39, 0.29) is 0 Å². The van der Waals surface area contributed by atoms with Gasteiger partial charge < -0.3 is 4.57 Å². The second kappa shape index (κ2) is 14.7. The first-order chi connectivity index (χ1) is 30.7. The molecule has 0 aliphatic rings. The molecular weight excluding hydrogens is 753 g/mol. The van der Waals surface area contributed by atoms with Crippen LogP contribution in [-0.4, -0.2) is 19.1 Å². The summed E-state index contributed by atoms with van der Waals surface area (Å²) < 4.78 is 4.62. The Balaban J connectivity index is 0.967. The van der Waals surface area contributed by atoms with E-state index in [2.05, 4.69) is 228 Å². The molecule has 3 aromatic heterocycles. The van der Waals surface area contributed by atoms with E-state index in [1.165, 1.54) is 44.1 Å². The predicted octanol–water partition coefficient (Wildman–Crippen LogP) is 15.0. The molecule has 0 radical (unpaired) electrons. The number of hydrogen-bond acceptors (Lipinski definition) is 2. The number of benzene rings is 9. The van der Waals surface area contributed by atoms with Crippen molar-refractivity contribution < 1.29 is 0 Å². The Hall–Kier alpha value is -8.34. The number of hydrogen-bond donors (Lipinski definition) is 0. The zero-order valence-corrected chi connectivity index (χ0v) is 33.7. The summed E-state index contributed by atoms with van der Waals surface area (Å²) in [4.78, 5) is 10.5. The third kappa shape index (κ3) is 6.08. The Morgan fingerprint density at radius 2 is 0.645 bits per heavy atom. The Labute approximate surface area is 359 Å². The van der Waals surface area contributed by atoms with E-state index >= 15 is 0 Å². The lowest BCUT2D eigenvalue weighted by atomic mass is 10.00. The minimum Gasteiger partial charge on any atom is -0.309 e. The molecule has 0 amide bonds. The first-order valence-electron chi connectivity index (χ1n) is 21.1. The standard InChI is InChI=1S/C58H38N4/c1-4-14-39(15-5-1)40-24-26-41(27-25-40)42-28-32-47(33-29-42)61-54-22-12-11-21-49(54)51-36-45(31-35-56(51)61)46-30-34-50-48-20-10-13-23-55(48)62(57(50)37-46)58-59-52(43-16-6-2-7-17-43)38-53(60-58)44-18-8-3-9-19-44/h1-38H. The molecule has 0 saturated carbocycles. The molecule has 0 atom stereocenters. The van der Waals surface area contributed by atoms with Gasteiger partial charge in [0.25, 0.3) is 0 Å². The van der Waals surface area contributed by atoms with Gasteiger partial charge in [-0.3, -0.25) is 4.57 Å². The highest BCUT2D eigenvalue weighted by molar-refractivity contribution is 6.12. The Morgan fingerprint density at radius 3 is 1.24 bits per heavy atom. The van der Waals surface area contributed by atoms with Gasteiger partial charge in [0.15, 0.2) is 0 Å². The van der Waals surface area contributed by atoms with E-state index in [9.17, 15) is 0 Å². The molecule has 12 aromatic rings. The normalized spacial score (nSPS) is 11.5. The van der Waals surface area contributed by atoms with Gasteiger partial charge in [-0.25, -0.2) is 9.97 Å². The largest absolute Gasteiger partial charge is 0.309 e. The first kappa shape index (κ1) is 35.6. The lowest BCUT2D eigenvalue weighted by Crippen LogP contribution is -2.04. The van der Waals surface area contributed by atoms with Crippen LogP contribution in [0.3, 0.4) is 0 Å². The fourth-order valence-corrected chi connectivity index (χ4v) is 9.13.